The second-order valence-electron chi connectivity index (χ2n) is 8.54. The molecule has 1 aromatic rings. The first-order valence-corrected chi connectivity index (χ1v) is 13.3. The number of sulfone groups is 1. The molecule has 0 radical (unpaired) electrons. The van der Waals surface area contributed by atoms with E-state index in [4.69, 9.17) is 9.47 Å². The molecule has 2 rings (SSSR count). The summed E-state index contributed by atoms with van der Waals surface area (Å²) in [5.74, 6) is -1.77. The Hall–Kier alpha value is -1.42. The van der Waals surface area contributed by atoms with Crippen LogP contribution in [0.3, 0.4) is 0 Å². The molecule has 0 amide bonds. The molecule has 4 nitrogen and oxygen atoms in total. The SMILES string of the molecule is C=C1COC(C)(C)O[C@H](/C=C(\C)CC/C=C(\CBr)C(F)(F)F)[C@H]1CS(=O)(=O)c1ccccc1. The molecule has 0 bridgehead atoms. The predicted octanol–water partition coefficient (Wildman–Crippen LogP) is 6.39. The molecule has 0 unspecified atom stereocenters. The third-order valence-corrected chi connectivity index (χ3v) is 7.73. The second kappa shape index (κ2) is 11.3. The molecule has 1 aliphatic heterocycles. The van der Waals surface area contributed by atoms with Crippen molar-refractivity contribution in [2.24, 2.45) is 5.92 Å². The van der Waals surface area contributed by atoms with Crippen molar-refractivity contribution in [3.8, 4) is 0 Å². The molecule has 0 N–H and O–H groups in total. The number of benzene rings is 1. The Balaban J connectivity index is 2.28. The summed E-state index contributed by atoms with van der Waals surface area (Å²) < 4.78 is 76.7. The Bertz CT molecular complexity index is 983. The molecule has 1 heterocycles. The van der Waals surface area contributed by atoms with Gasteiger partial charge in [-0.15, -0.1) is 0 Å². The van der Waals surface area contributed by atoms with Crippen molar-refractivity contribution in [2.45, 2.75) is 56.6 Å². The van der Waals surface area contributed by atoms with E-state index in [0.29, 0.717) is 12.0 Å². The summed E-state index contributed by atoms with van der Waals surface area (Å²) in [4.78, 5) is 0.210. The van der Waals surface area contributed by atoms with E-state index in [1.165, 1.54) is 6.08 Å². The number of alkyl halides is 4. The Morgan fingerprint density at radius 3 is 2.48 bits per heavy atom. The highest BCUT2D eigenvalue weighted by Gasteiger charge is 2.37. The molecule has 2 atom stereocenters. The quantitative estimate of drug-likeness (QED) is 0.278. The van der Waals surface area contributed by atoms with Crippen molar-refractivity contribution >= 4 is 25.8 Å². The van der Waals surface area contributed by atoms with Crippen LogP contribution in [-0.4, -0.2) is 44.2 Å². The number of rotatable bonds is 8. The van der Waals surface area contributed by atoms with Crippen molar-refractivity contribution in [3.63, 3.8) is 0 Å². The van der Waals surface area contributed by atoms with Crippen LogP contribution in [0.1, 0.15) is 33.6 Å². The number of allylic oxidation sites excluding steroid dienone is 3. The van der Waals surface area contributed by atoms with Crippen LogP contribution >= 0.6 is 15.9 Å². The van der Waals surface area contributed by atoms with Gasteiger partial charge in [-0.25, -0.2) is 8.42 Å². The lowest BCUT2D eigenvalue weighted by molar-refractivity contribution is -0.216. The lowest BCUT2D eigenvalue weighted by atomic mass is 9.94. The van der Waals surface area contributed by atoms with Crippen LogP contribution in [0, 0.1) is 5.92 Å². The van der Waals surface area contributed by atoms with Gasteiger partial charge >= 0.3 is 6.18 Å². The van der Waals surface area contributed by atoms with Crippen LogP contribution in [0.25, 0.3) is 0 Å². The monoisotopic (exact) mass is 550 g/mol. The van der Waals surface area contributed by atoms with E-state index in [1.807, 2.05) is 0 Å². The Morgan fingerprint density at radius 1 is 1.27 bits per heavy atom. The zero-order valence-electron chi connectivity index (χ0n) is 19.0. The molecule has 184 valence electrons. The van der Waals surface area contributed by atoms with Crippen molar-refractivity contribution in [1.29, 1.82) is 0 Å². The average Bonchev–Trinajstić information content (AvgIpc) is 2.82. The predicted molar refractivity (Wildman–Crippen MR) is 127 cm³/mol. The second-order valence-corrected chi connectivity index (χ2v) is 11.1. The van der Waals surface area contributed by atoms with Crippen LogP contribution in [-0.2, 0) is 19.3 Å². The van der Waals surface area contributed by atoms with Crippen LogP contribution in [0.2, 0.25) is 0 Å². The maximum Gasteiger partial charge on any atom is 0.413 e. The zero-order valence-corrected chi connectivity index (χ0v) is 21.4. The van der Waals surface area contributed by atoms with Gasteiger partial charge in [-0.2, -0.15) is 13.2 Å². The van der Waals surface area contributed by atoms with Gasteiger partial charge in [0.05, 0.1) is 23.4 Å². The molecular weight excluding hydrogens is 521 g/mol. The molecule has 0 spiro atoms. The highest BCUT2D eigenvalue weighted by Crippen LogP contribution is 2.33. The Labute approximate surface area is 202 Å². The average molecular weight is 551 g/mol. The molecule has 0 aliphatic carbocycles. The van der Waals surface area contributed by atoms with Gasteiger partial charge in [0.1, 0.15) is 0 Å². The third kappa shape index (κ3) is 8.38. The number of ether oxygens (including phenoxy) is 2. The van der Waals surface area contributed by atoms with Gasteiger partial charge in [0, 0.05) is 16.8 Å². The van der Waals surface area contributed by atoms with E-state index in [1.54, 1.807) is 57.2 Å². The van der Waals surface area contributed by atoms with Crippen LogP contribution in [0.5, 0.6) is 0 Å². The fourth-order valence-corrected chi connectivity index (χ4v) is 5.67. The maximum atomic E-state index is 13.0. The van der Waals surface area contributed by atoms with E-state index >= 15 is 0 Å². The summed E-state index contributed by atoms with van der Waals surface area (Å²) in [5.41, 5.74) is 0.753. The lowest BCUT2D eigenvalue weighted by Gasteiger charge is -2.29. The first-order valence-electron chi connectivity index (χ1n) is 10.5. The van der Waals surface area contributed by atoms with Crippen molar-refractivity contribution < 1.29 is 31.1 Å². The first kappa shape index (κ1) is 27.8. The summed E-state index contributed by atoms with van der Waals surface area (Å²) >= 11 is 2.88. The summed E-state index contributed by atoms with van der Waals surface area (Å²) in [5, 5.41) is -0.268. The highest BCUT2D eigenvalue weighted by molar-refractivity contribution is 9.09. The van der Waals surface area contributed by atoms with Crippen LogP contribution < -0.4 is 0 Å². The lowest BCUT2D eigenvalue weighted by Crippen LogP contribution is -2.35. The summed E-state index contributed by atoms with van der Waals surface area (Å²) in [7, 11) is -3.63. The number of hydrogen-bond donors (Lipinski definition) is 0. The topological polar surface area (TPSA) is 52.6 Å². The zero-order chi connectivity index (χ0) is 24.9. The summed E-state index contributed by atoms with van der Waals surface area (Å²) in [6, 6.07) is 8.15. The van der Waals surface area contributed by atoms with Crippen molar-refractivity contribution in [2.75, 3.05) is 17.7 Å². The Morgan fingerprint density at radius 2 is 1.91 bits per heavy atom. The van der Waals surface area contributed by atoms with E-state index in [2.05, 4.69) is 22.5 Å². The molecular formula is C24H30BrF3O4S. The minimum Gasteiger partial charge on any atom is -0.346 e. The first-order chi connectivity index (χ1) is 15.2. The highest BCUT2D eigenvalue weighted by atomic mass is 79.9. The molecule has 9 heteroatoms. The van der Waals surface area contributed by atoms with Gasteiger partial charge in [0.2, 0.25) is 0 Å². The summed E-state index contributed by atoms with van der Waals surface area (Å²) in [6.45, 7) is 9.45. The van der Waals surface area contributed by atoms with Gasteiger partial charge in [-0.1, -0.05) is 58.4 Å². The van der Waals surface area contributed by atoms with Gasteiger partial charge < -0.3 is 9.47 Å². The summed E-state index contributed by atoms with van der Waals surface area (Å²) in [6.07, 6.45) is -1.51. The van der Waals surface area contributed by atoms with Gasteiger partial charge in [-0.05, 0) is 51.3 Å². The number of halogens is 4. The molecule has 1 fully saturated rings. The molecule has 33 heavy (non-hydrogen) atoms. The van der Waals surface area contributed by atoms with Gasteiger partial charge in [-0.3, -0.25) is 0 Å². The van der Waals surface area contributed by atoms with Crippen LogP contribution in [0.15, 0.2) is 70.7 Å². The number of hydrogen-bond acceptors (Lipinski definition) is 4. The largest absolute Gasteiger partial charge is 0.413 e. The standard InChI is InChI=1S/C24H30BrF3O4S/c1-17(9-8-10-19(14-25)24(26,27)28)13-22-21(18(2)15-31-23(3,4)32-22)16-33(29,30)20-11-6-5-7-12-20/h5-7,10-13,21-22H,2,8-9,14-16H2,1,3-4H3/b17-13+,19-10+/t21-,22+/m0/s1. The molecule has 1 aliphatic rings. The van der Waals surface area contributed by atoms with E-state index in [-0.39, 0.29) is 29.0 Å². The van der Waals surface area contributed by atoms with E-state index in [9.17, 15) is 21.6 Å². The fourth-order valence-electron chi connectivity index (χ4n) is 3.46. The van der Waals surface area contributed by atoms with Gasteiger partial charge in [0.15, 0.2) is 15.6 Å². The van der Waals surface area contributed by atoms with Gasteiger partial charge in [0.25, 0.3) is 0 Å². The normalized spacial score (nSPS) is 22.8. The fraction of sp³-hybridized carbons (Fsp3) is 0.500. The van der Waals surface area contributed by atoms with Crippen LogP contribution in [0.4, 0.5) is 13.2 Å². The molecule has 1 aromatic carbocycles. The maximum absolute atomic E-state index is 13.0. The van der Waals surface area contributed by atoms with E-state index in [0.717, 1.165) is 5.57 Å². The third-order valence-electron chi connectivity index (χ3n) is 5.33. The van der Waals surface area contributed by atoms with Crippen molar-refractivity contribution in [3.05, 3.63) is 65.8 Å². The van der Waals surface area contributed by atoms with Crippen molar-refractivity contribution in [1.82, 2.24) is 0 Å². The molecule has 0 aromatic heterocycles. The molecule has 1 saturated heterocycles. The minimum absolute atomic E-state index is 0.147. The van der Waals surface area contributed by atoms with E-state index < -0.39 is 39.4 Å². The molecule has 0 saturated carbocycles. The smallest absolute Gasteiger partial charge is 0.346 e. The minimum atomic E-state index is -4.37. The Kier molecular flexibility index (Phi) is 9.56.